The number of sulfone groups is 1. The van der Waals surface area contributed by atoms with Gasteiger partial charge in [-0.2, -0.15) is 0 Å². The second kappa shape index (κ2) is 6.38. The molecule has 0 radical (unpaired) electrons. The van der Waals surface area contributed by atoms with Gasteiger partial charge in [0.15, 0.2) is 21.4 Å². The van der Waals surface area contributed by atoms with Crippen LogP contribution in [0.2, 0.25) is 5.02 Å². The Kier molecular flexibility index (Phi) is 4.46. The van der Waals surface area contributed by atoms with Crippen molar-refractivity contribution < 1.29 is 32.1 Å². The lowest BCUT2D eigenvalue weighted by atomic mass is 9.68. The Hall–Kier alpha value is -1.74. The lowest BCUT2D eigenvalue weighted by Crippen LogP contribution is -2.65. The molecule has 2 aromatic carbocycles. The van der Waals surface area contributed by atoms with Crippen molar-refractivity contribution in [2.45, 2.75) is 40.6 Å². The summed E-state index contributed by atoms with van der Waals surface area (Å²) in [6.45, 7) is -0.593. The summed E-state index contributed by atoms with van der Waals surface area (Å²) in [4.78, 5) is -0.191. The van der Waals surface area contributed by atoms with Crippen LogP contribution in [0, 0.1) is 11.6 Å². The molecule has 3 atom stereocenters. The van der Waals surface area contributed by atoms with E-state index in [-0.39, 0.29) is 24.2 Å². The van der Waals surface area contributed by atoms with Gasteiger partial charge in [0, 0.05) is 11.4 Å². The fraction of sp³-hybridized carbons (Fsp3) is 0.368. The minimum atomic E-state index is -4.44. The van der Waals surface area contributed by atoms with Gasteiger partial charge >= 0.3 is 0 Å². The van der Waals surface area contributed by atoms with Crippen LogP contribution in [0.25, 0.3) is 0 Å². The third kappa shape index (κ3) is 2.51. The molecule has 2 aliphatic rings. The molecule has 1 fully saturated rings. The summed E-state index contributed by atoms with van der Waals surface area (Å²) in [5.74, 6) is -2.45. The Labute approximate surface area is 165 Å². The standard InChI is InChI=1S/C19H17ClF2O5S/c20-11-1-3-13(4-2-11)28(25,26)19-8-7-12(23)9-18(19,24)10-27-17-15(22)6-5-14(21)16(17)19/h1-6,12,23-24H,7-10H2/t12-,18-,19+/m0/s1. The number of halogens is 3. The molecule has 2 aromatic rings. The van der Waals surface area contributed by atoms with Crippen LogP contribution in [0.3, 0.4) is 0 Å². The van der Waals surface area contributed by atoms with E-state index in [2.05, 4.69) is 0 Å². The number of benzene rings is 2. The fourth-order valence-electron chi connectivity index (χ4n) is 4.37. The highest BCUT2D eigenvalue weighted by atomic mass is 35.5. The molecule has 1 aliphatic heterocycles. The van der Waals surface area contributed by atoms with Crippen molar-refractivity contribution in [3.63, 3.8) is 0 Å². The van der Waals surface area contributed by atoms with Crippen LogP contribution in [0.1, 0.15) is 24.8 Å². The maximum atomic E-state index is 14.9. The lowest BCUT2D eigenvalue weighted by Gasteiger charge is -2.53. The summed E-state index contributed by atoms with van der Waals surface area (Å²) in [7, 11) is -4.44. The Morgan fingerprint density at radius 1 is 1.11 bits per heavy atom. The van der Waals surface area contributed by atoms with Gasteiger partial charge in [-0.25, -0.2) is 17.2 Å². The van der Waals surface area contributed by atoms with Crippen LogP contribution in [-0.4, -0.2) is 36.9 Å². The van der Waals surface area contributed by atoms with Gasteiger partial charge < -0.3 is 14.9 Å². The second-order valence-electron chi connectivity index (χ2n) is 7.23. The smallest absolute Gasteiger partial charge is 0.191 e. The minimum Gasteiger partial charge on any atom is -0.487 e. The molecule has 1 aliphatic carbocycles. The van der Waals surface area contributed by atoms with E-state index in [1.54, 1.807) is 0 Å². The van der Waals surface area contributed by atoms with E-state index in [9.17, 15) is 27.4 Å². The zero-order chi connectivity index (χ0) is 20.3. The van der Waals surface area contributed by atoms with Crippen LogP contribution in [0.15, 0.2) is 41.3 Å². The first-order chi connectivity index (χ1) is 13.1. The van der Waals surface area contributed by atoms with Crippen molar-refractivity contribution in [3.8, 4) is 5.75 Å². The molecular formula is C19H17ClF2O5S. The molecule has 0 spiro atoms. The molecule has 0 bridgehead atoms. The van der Waals surface area contributed by atoms with E-state index in [1.807, 2.05) is 0 Å². The molecule has 150 valence electrons. The fourth-order valence-corrected chi connectivity index (χ4v) is 6.88. The van der Waals surface area contributed by atoms with Gasteiger partial charge in [-0.3, -0.25) is 0 Å². The number of hydrogen-bond acceptors (Lipinski definition) is 5. The zero-order valence-electron chi connectivity index (χ0n) is 14.5. The predicted octanol–water partition coefficient (Wildman–Crippen LogP) is 2.96. The van der Waals surface area contributed by atoms with Crippen molar-refractivity contribution in [2.24, 2.45) is 0 Å². The van der Waals surface area contributed by atoms with Gasteiger partial charge in [-0.1, -0.05) is 11.6 Å². The first kappa shape index (κ1) is 19.6. The molecule has 5 nitrogen and oxygen atoms in total. The molecule has 1 heterocycles. The lowest BCUT2D eigenvalue weighted by molar-refractivity contribution is -0.113. The van der Waals surface area contributed by atoms with E-state index < -0.39 is 55.8 Å². The molecule has 28 heavy (non-hydrogen) atoms. The Morgan fingerprint density at radius 3 is 2.43 bits per heavy atom. The highest BCUT2D eigenvalue weighted by Gasteiger charge is 2.67. The van der Waals surface area contributed by atoms with Crippen LogP contribution >= 0.6 is 11.6 Å². The molecule has 4 rings (SSSR count). The van der Waals surface area contributed by atoms with E-state index in [1.165, 1.54) is 24.3 Å². The number of aliphatic hydroxyl groups is 2. The SMILES string of the molecule is O=S(=O)(c1ccc(Cl)cc1)[C@@]12CC[C@H](O)C[C@]1(O)COc1c(F)ccc(F)c12. The summed E-state index contributed by atoms with van der Waals surface area (Å²) in [6, 6.07) is 6.90. The maximum Gasteiger partial charge on any atom is 0.191 e. The van der Waals surface area contributed by atoms with Gasteiger partial charge in [0.25, 0.3) is 0 Å². The average Bonchev–Trinajstić information content (AvgIpc) is 2.63. The summed E-state index contributed by atoms with van der Waals surface area (Å²) < 4.78 is 59.9. The van der Waals surface area contributed by atoms with Crippen molar-refractivity contribution in [3.05, 3.63) is 58.6 Å². The van der Waals surface area contributed by atoms with Crippen molar-refractivity contribution in [2.75, 3.05) is 6.61 Å². The number of ether oxygens (including phenoxy) is 1. The Bertz CT molecular complexity index is 1040. The number of rotatable bonds is 2. The monoisotopic (exact) mass is 430 g/mol. The molecule has 2 N–H and O–H groups in total. The van der Waals surface area contributed by atoms with E-state index in [0.29, 0.717) is 5.02 Å². The molecule has 0 aromatic heterocycles. The highest BCUT2D eigenvalue weighted by molar-refractivity contribution is 7.92. The average molecular weight is 431 g/mol. The summed E-state index contributed by atoms with van der Waals surface area (Å²) in [5.41, 5.74) is -2.69. The van der Waals surface area contributed by atoms with E-state index in [4.69, 9.17) is 16.3 Å². The molecule has 0 unspecified atom stereocenters. The largest absolute Gasteiger partial charge is 0.487 e. The third-order valence-electron chi connectivity index (χ3n) is 5.66. The molecular weight excluding hydrogens is 414 g/mol. The van der Waals surface area contributed by atoms with Crippen molar-refractivity contribution in [1.82, 2.24) is 0 Å². The normalized spacial score (nSPS) is 29.5. The van der Waals surface area contributed by atoms with Gasteiger partial charge in [0.2, 0.25) is 0 Å². The van der Waals surface area contributed by atoms with Crippen LogP contribution in [0.5, 0.6) is 5.75 Å². The Balaban J connectivity index is 2.07. The number of aliphatic hydroxyl groups excluding tert-OH is 1. The van der Waals surface area contributed by atoms with E-state index in [0.717, 1.165) is 12.1 Å². The Morgan fingerprint density at radius 2 is 1.75 bits per heavy atom. The minimum absolute atomic E-state index is 0.00940. The molecule has 0 saturated heterocycles. The first-order valence-corrected chi connectivity index (χ1v) is 10.5. The van der Waals surface area contributed by atoms with Gasteiger partial charge in [0.05, 0.1) is 16.6 Å². The molecule has 1 saturated carbocycles. The number of hydrogen-bond donors (Lipinski definition) is 2. The van der Waals surface area contributed by atoms with Crippen molar-refractivity contribution in [1.29, 1.82) is 0 Å². The quantitative estimate of drug-likeness (QED) is 0.765. The summed E-state index contributed by atoms with van der Waals surface area (Å²) in [6.07, 6.45) is -1.66. The first-order valence-electron chi connectivity index (χ1n) is 8.64. The summed E-state index contributed by atoms with van der Waals surface area (Å²) >= 11 is 5.85. The second-order valence-corrected chi connectivity index (χ2v) is 9.85. The summed E-state index contributed by atoms with van der Waals surface area (Å²) in [5, 5.41) is 21.7. The number of fused-ring (bicyclic) bond motifs is 3. The van der Waals surface area contributed by atoms with E-state index >= 15 is 0 Å². The van der Waals surface area contributed by atoms with Gasteiger partial charge in [-0.05, 0) is 49.2 Å². The van der Waals surface area contributed by atoms with Crippen molar-refractivity contribution >= 4 is 21.4 Å². The van der Waals surface area contributed by atoms with Crippen LogP contribution in [-0.2, 0) is 14.6 Å². The zero-order valence-corrected chi connectivity index (χ0v) is 16.1. The highest BCUT2D eigenvalue weighted by Crippen LogP contribution is 2.58. The van der Waals surface area contributed by atoms with Crippen LogP contribution < -0.4 is 4.74 Å². The predicted molar refractivity (Wildman–Crippen MR) is 97.0 cm³/mol. The topological polar surface area (TPSA) is 83.8 Å². The molecule has 9 heteroatoms. The van der Waals surface area contributed by atoms with Gasteiger partial charge in [0.1, 0.15) is 22.8 Å². The van der Waals surface area contributed by atoms with Gasteiger partial charge in [-0.15, -0.1) is 0 Å². The maximum absolute atomic E-state index is 14.9. The van der Waals surface area contributed by atoms with Crippen LogP contribution in [0.4, 0.5) is 8.78 Å². The third-order valence-corrected chi connectivity index (χ3v) is 8.51. The molecule has 0 amide bonds.